The first kappa shape index (κ1) is 17.0. The van der Waals surface area contributed by atoms with Gasteiger partial charge in [0.2, 0.25) is 0 Å². The number of nitrogens with one attached hydrogen (secondary N) is 1. The summed E-state index contributed by atoms with van der Waals surface area (Å²) in [7, 11) is -1.49. The Hall–Kier alpha value is 1.01. The van der Waals surface area contributed by atoms with Crippen LogP contribution in [0.3, 0.4) is 0 Å². The Morgan fingerprint density at radius 1 is 0.938 bits per heavy atom. The fourth-order valence-corrected chi connectivity index (χ4v) is 24.2. The Kier molecular flexibility index (Phi) is 5.67. The molecular weight excluding hydrogens is 315 g/mol. The van der Waals surface area contributed by atoms with Crippen molar-refractivity contribution >= 4 is 30.1 Å². The summed E-state index contributed by atoms with van der Waals surface area (Å²) in [6.07, 6.45) is 0. The van der Waals surface area contributed by atoms with Gasteiger partial charge in [0.25, 0.3) is 0 Å². The Bertz CT molecular complexity index is 226. The van der Waals surface area contributed by atoms with Gasteiger partial charge in [-0.1, -0.05) is 0 Å². The molecule has 0 rings (SSSR count). The van der Waals surface area contributed by atoms with E-state index in [1.165, 1.54) is 0 Å². The minimum absolute atomic E-state index is 0.222. The van der Waals surface area contributed by atoms with Crippen LogP contribution >= 0.6 is 0 Å². The fraction of sp³-hybridized carbons (Fsp3) is 1.00. The zero-order valence-corrected chi connectivity index (χ0v) is 17.3. The van der Waals surface area contributed by atoms with Crippen LogP contribution in [0.2, 0.25) is 22.5 Å². The van der Waals surface area contributed by atoms with Gasteiger partial charge >= 0.3 is 113 Å². The van der Waals surface area contributed by atoms with Gasteiger partial charge in [0.1, 0.15) is 0 Å². The van der Waals surface area contributed by atoms with Gasteiger partial charge in [-0.3, -0.25) is 0 Å². The van der Waals surface area contributed by atoms with Crippen LogP contribution in [0.5, 0.6) is 0 Å². The summed E-state index contributed by atoms with van der Waals surface area (Å²) < 4.78 is 7.89. The molecule has 4 heteroatoms. The molecule has 0 aromatic heterocycles. The molecule has 96 valence electrons. The van der Waals surface area contributed by atoms with E-state index >= 15 is 0 Å². The molecule has 0 radical (unpaired) electrons. The van der Waals surface area contributed by atoms with E-state index < -0.39 is 30.1 Å². The van der Waals surface area contributed by atoms with E-state index in [-0.39, 0.29) is 5.54 Å². The fourth-order valence-electron chi connectivity index (χ4n) is 3.24. The van der Waals surface area contributed by atoms with Crippen molar-refractivity contribution < 1.29 is 0 Å². The third-order valence-electron chi connectivity index (χ3n) is 2.52. The second-order valence-electron chi connectivity index (χ2n) is 7.57. The molecule has 0 atom stereocenters. The first-order valence-electron chi connectivity index (χ1n) is 6.36. The summed E-state index contributed by atoms with van der Waals surface area (Å²) in [4.78, 5) is 3.90. The van der Waals surface area contributed by atoms with Crippen LogP contribution in [0.15, 0.2) is 0 Å². The average molecular weight is 346 g/mol. The SMILES string of the molecule is [CH3][In]([CH3])[N](C(C)(C)C)[Si](C)(C)NC(C)(C)C. The Balaban J connectivity index is 5.06. The monoisotopic (exact) mass is 346 g/mol. The molecular formula is C12H31InN2Si. The van der Waals surface area contributed by atoms with Crippen molar-refractivity contribution in [1.82, 2.24) is 7.54 Å². The molecule has 0 aliphatic carbocycles. The van der Waals surface area contributed by atoms with Crippen LogP contribution in [-0.2, 0) is 0 Å². The van der Waals surface area contributed by atoms with Gasteiger partial charge in [0.15, 0.2) is 0 Å². The normalized spacial score (nSPS) is 14.4. The topological polar surface area (TPSA) is 15.3 Å². The molecule has 0 amide bonds. The Morgan fingerprint density at radius 3 is 1.50 bits per heavy atom. The van der Waals surface area contributed by atoms with E-state index in [1.54, 1.807) is 0 Å². The average Bonchev–Trinajstić information content (AvgIpc) is 1.70. The van der Waals surface area contributed by atoms with Crippen LogP contribution in [0.25, 0.3) is 0 Å². The van der Waals surface area contributed by atoms with Gasteiger partial charge < -0.3 is 0 Å². The first-order valence-corrected chi connectivity index (χ1v) is 17.4. The van der Waals surface area contributed by atoms with Crippen molar-refractivity contribution in [3.63, 3.8) is 0 Å². The van der Waals surface area contributed by atoms with Crippen LogP contribution < -0.4 is 4.98 Å². The summed E-state index contributed by atoms with van der Waals surface area (Å²) in [6.45, 7) is 18.8. The molecule has 0 fully saturated rings. The van der Waals surface area contributed by atoms with Gasteiger partial charge in [0.05, 0.1) is 0 Å². The number of nitrogens with zero attached hydrogens (tertiary/aromatic N) is 1. The molecule has 0 saturated heterocycles. The first-order chi connectivity index (χ1) is 6.77. The van der Waals surface area contributed by atoms with E-state index in [0.717, 1.165) is 0 Å². The van der Waals surface area contributed by atoms with Gasteiger partial charge in [-0.15, -0.1) is 0 Å². The molecule has 1 N–H and O–H groups in total. The molecule has 2 nitrogen and oxygen atoms in total. The zero-order chi connectivity index (χ0) is 13.4. The molecule has 0 unspecified atom stereocenters. The molecule has 0 aromatic rings. The summed E-state index contributed by atoms with van der Waals surface area (Å²) in [5, 5.41) is 0. The summed E-state index contributed by atoms with van der Waals surface area (Å²) in [6, 6.07) is 0. The molecule has 0 heterocycles. The predicted molar refractivity (Wildman–Crippen MR) is 79.4 cm³/mol. The van der Waals surface area contributed by atoms with Crippen molar-refractivity contribution in [2.75, 3.05) is 0 Å². The van der Waals surface area contributed by atoms with Gasteiger partial charge in [0, 0.05) is 0 Å². The third-order valence-corrected chi connectivity index (χ3v) is 19.9. The van der Waals surface area contributed by atoms with Gasteiger partial charge in [-0.05, 0) is 0 Å². The zero-order valence-electron chi connectivity index (χ0n) is 13.0. The van der Waals surface area contributed by atoms with Crippen molar-refractivity contribution in [3.8, 4) is 0 Å². The minimum atomic E-state index is -1.50. The van der Waals surface area contributed by atoms with Crippen LogP contribution in [0.4, 0.5) is 0 Å². The standard InChI is InChI=1S/C10H25N2Si.2CH3.In/c1-9(2,3)11-13(7,8)12-10(4,5)6;;;/h11H,1-8H3;2*1H3;/q-1;;;+1. The van der Waals surface area contributed by atoms with Crippen molar-refractivity contribution in [3.05, 3.63) is 0 Å². The maximum atomic E-state index is 3.90. The third kappa shape index (κ3) is 5.56. The second-order valence-corrected chi connectivity index (χ2v) is 20.6. The molecule has 0 aliphatic rings. The Morgan fingerprint density at radius 2 is 1.31 bits per heavy atom. The molecule has 0 aliphatic heterocycles. The van der Waals surface area contributed by atoms with E-state index in [2.05, 4.69) is 71.5 Å². The van der Waals surface area contributed by atoms with Crippen molar-refractivity contribution in [1.29, 1.82) is 0 Å². The van der Waals surface area contributed by atoms with Gasteiger partial charge in [-0.25, -0.2) is 0 Å². The molecule has 0 bridgehead atoms. The van der Waals surface area contributed by atoms with Crippen molar-refractivity contribution in [2.24, 2.45) is 0 Å². The summed E-state index contributed by atoms with van der Waals surface area (Å²) in [5.41, 5.74) is 0.540. The van der Waals surface area contributed by atoms with Crippen LogP contribution in [-0.4, -0.2) is 43.8 Å². The van der Waals surface area contributed by atoms with E-state index in [0.29, 0.717) is 5.54 Å². The van der Waals surface area contributed by atoms with Gasteiger partial charge in [-0.2, -0.15) is 0 Å². The van der Waals surface area contributed by atoms with E-state index in [4.69, 9.17) is 0 Å². The van der Waals surface area contributed by atoms with Crippen LogP contribution in [0.1, 0.15) is 41.5 Å². The maximum absolute atomic E-state index is 3.90. The molecule has 0 saturated carbocycles. The number of rotatable bonds is 3. The number of hydrogen-bond donors (Lipinski definition) is 1. The predicted octanol–water partition coefficient (Wildman–Crippen LogP) is 3.43. The Labute approximate surface area is 112 Å². The molecule has 16 heavy (non-hydrogen) atoms. The van der Waals surface area contributed by atoms with E-state index in [1.807, 2.05) is 0 Å². The summed E-state index contributed by atoms with van der Waals surface area (Å²) >= 11 is -1.50. The molecule has 0 aromatic carbocycles. The summed E-state index contributed by atoms with van der Waals surface area (Å²) in [5.74, 6) is 0. The van der Waals surface area contributed by atoms with Crippen molar-refractivity contribution in [2.45, 2.75) is 75.1 Å². The number of hydrogen-bond acceptors (Lipinski definition) is 2. The van der Waals surface area contributed by atoms with E-state index in [9.17, 15) is 0 Å². The quantitative estimate of drug-likeness (QED) is 0.788. The molecule has 0 spiro atoms. The second kappa shape index (κ2) is 5.33. The van der Waals surface area contributed by atoms with Crippen LogP contribution in [0, 0.1) is 0 Å².